The molecule has 108 valence electrons. The highest BCUT2D eigenvalue weighted by molar-refractivity contribution is 9.10. The van der Waals surface area contributed by atoms with E-state index in [0.717, 1.165) is 33.7 Å². The Morgan fingerprint density at radius 1 is 1.25 bits per heavy atom. The molecule has 0 aliphatic heterocycles. The summed E-state index contributed by atoms with van der Waals surface area (Å²) in [5.41, 5.74) is 7.74. The highest BCUT2D eigenvalue weighted by Gasteiger charge is 2.20. The lowest BCUT2D eigenvalue weighted by atomic mass is 9.98. The molecular formula is C14H19BrN4S. The van der Waals surface area contributed by atoms with Crippen molar-refractivity contribution in [2.45, 2.75) is 46.0 Å². The number of thiazole rings is 1. The number of halogens is 1. The highest BCUT2D eigenvalue weighted by atomic mass is 79.9. The van der Waals surface area contributed by atoms with Crippen molar-refractivity contribution in [3.05, 3.63) is 20.6 Å². The lowest BCUT2D eigenvalue weighted by molar-refractivity contribution is 0.586. The Bertz CT molecular complexity index is 616. The number of aryl methyl sites for hydroxylation is 1. The molecule has 0 unspecified atom stereocenters. The van der Waals surface area contributed by atoms with Gasteiger partial charge in [-0.15, -0.1) is 11.3 Å². The van der Waals surface area contributed by atoms with Crippen molar-refractivity contribution >= 4 is 33.1 Å². The van der Waals surface area contributed by atoms with Crippen LogP contribution in [-0.2, 0) is 11.8 Å². The summed E-state index contributed by atoms with van der Waals surface area (Å²) in [5.74, 6) is 1.09. The van der Waals surface area contributed by atoms with Crippen LogP contribution in [0.3, 0.4) is 0 Å². The maximum absolute atomic E-state index is 5.96. The Balaban J connectivity index is 2.45. The summed E-state index contributed by atoms with van der Waals surface area (Å²) in [6.07, 6.45) is 1.88. The molecule has 0 aliphatic rings. The van der Waals surface area contributed by atoms with Crippen LogP contribution < -0.4 is 5.73 Å². The molecule has 0 fully saturated rings. The van der Waals surface area contributed by atoms with Gasteiger partial charge in [0.25, 0.3) is 0 Å². The van der Waals surface area contributed by atoms with Crippen LogP contribution in [0.25, 0.3) is 11.5 Å². The van der Waals surface area contributed by atoms with Gasteiger partial charge in [0.05, 0.1) is 15.2 Å². The van der Waals surface area contributed by atoms with Gasteiger partial charge in [-0.3, -0.25) is 0 Å². The van der Waals surface area contributed by atoms with E-state index in [0.29, 0.717) is 11.6 Å². The zero-order valence-corrected chi connectivity index (χ0v) is 14.6. The molecule has 0 saturated carbocycles. The number of nitrogen functional groups attached to an aromatic ring is 1. The topological polar surface area (TPSA) is 64.7 Å². The van der Waals surface area contributed by atoms with E-state index in [9.17, 15) is 0 Å². The summed E-state index contributed by atoms with van der Waals surface area (Å²) in [6.45, 7) is 8.56. The average Bonchev–Trinajstić information content (AvgIpc) is 2.84. The van der Waals surface area contributed by atoms with Crippen molar-refractivity contribution in [3.8, 4) is 11.5 Å². The summed E-state index contributed by atoms with van der Waals surface area (Å²) >= 11 is 5.09. The fraction of sp³-hybridized carbons (Fsp3) is 0.500. The summed E-state index contributed by atoms with van der Waals surface area (Å²) in [4.78, 5) is 13.6. The normalized spacial score (nSPS) is 11.8. The molecule has 2 aromatic rings. The minimum Gasteiger partial charge on any atom is -0.383 e. The van der Waals surface area contributed by atoms with Gasteiger partial charge in [-0.25, -0.2) is 15.0 Å². The van der Waals surface area contributed by atoms with Crippen molar-refractivity contribution in [2.24, 2.45) is 0 Å². The minimum absolute atomic E-state index is 0.0378. The summed E-state index contributed by atoms with van der Waals surface area (Å²) in [6, 6.07) is 0. The third-order valence-electron chi connectivity index (χ3n) is 2.81. The second-order valence-corrected chi connectivity index (χ2v) is 7.38. The van der Waals surface area contributed by atoms with Crippen LogP contribution in [0.15, 0.2) is 9.85 Å². The molecule has 2 N–H and O–H groups in total. The molecule has 0 aliphatic carbocycles. The van der Waals surface area contributed by atoms with Gasteiger partial charge in [0.1, 0.15) is 11.5 Å². The summed E-state index contributed by atoms with van der Waals surface area (Å²) in [5, 5.41) is 3.08. The van der Waals surface area contributed by atoms with Gasteiger partial charge in [-0.05, 0) is 22.4 Å². The monoisotopic (exact) mass is 354 g/mol. The molecule has 20 heavy (non-hydrogen) atoms. The van der Waals surface area contributed by atoms with Crippen molar-refractivity contribution in [3.63, 3.8) is 0 Å². The largest absolute Gasteiger partial charge is 0.383 e. The minimum atomic E-state index is 0.0378. The number of anilines is 1. The van der Waals surface area contributed by atoms with Crippen LogP contribution in [0.2, 0.25) is 0 Å². The predicted octanol–water partition coefficient (Wildman–Crippen LogP) is 4.19. The van der Waals surface area contributed by atoms with Crippen LogP contribution in [0.4, 0.5) is 5.82 Å². The molecule has 0 aromatic carbocycles. The van der Waals surface area contributed by atoms with Crippen molar-refractivity contribution in [1.29, 1.82) is 0 Å². The third kappa shape index (κ3) is 3.17. The molecule has 6 heteroatoms. The van der Waals surface area contributed by atoms with Crippen LogP contribution >= 0.6 is 27.3 Å². The zero-order chi connectivity index (χ0) is 14.9. The Hall–Kier alpha value is -1.01. The van der Waals surface area contributed by atoms with Crippen molar-refractivity contribution in [2.75, 3.05) is 5.73 Å². The van der Waals surface area contributed by atoms with E-state index >= 15 is 0 Å². The van der Waals surface area contributed by atoms with Gasteiger partial charge in [0, 0.05) is 10.8 Å². The van der Waals surface area contributed by atoms with E-state index in [2.05, 4.69) is 58.6 Å². The lowest BCUT2D eigenvalue weighted by Gasteiger charge is -2.13. The number of rotatable bonds is 3. The zero-order valence-electron chi connectivity index (χ0n) is 12.2. The highest BCUT2D eigenvalue weighted by Crippen LogP contribution is 2.30. The SMILES string of the molecule is CCCc1nc(-c2csc(C(C)(C)C)n2)nc(N)c1Br. The molecule has 2 rings (SSSR count). The number of hydrogen-bond donors (Lipinski definition) is 1. The Morgan fingerprint density at radius 3 is 2.50 bits per heavy atom. The van der Waals surface area contributed by atoms with Crippen LogP contribution in [-0.4, -0.2) is 15.0 Å². The third-order valence-corrected chi connectivity index (χ3v) is 4.94. The maximum atomic E-state index is 5.96. The Labute approximate surface area is 132 Å². The molecule has 0 spiro atoms. The van der Waals surface area contributed by atoms with Crippen LogP contribution in [0.1, 0.15) is 44.8 Å². The van der Waals surface area contributed by atoms with E-state index in [1.807, 2.05) is 5.38 Å². The van der Waals surface area contributed by atoms with Crippen molar-refractivity contribution in [1.82, 2.24) is 15.0 Å². The fourth-order valence-corrected chi connectivity index (χ4v) is 3.01. The first-order valence-corrected chi connectivity index (χ1v) is 8.28. The number of hydrogen-bond acceptors (Lipinski definition) is 5. The van der Waals surface area contributed by atoms with Gasteiger partial charge < -0.3 is 5.73 Å². The van der Waals surface area contributed by atoms with Crippen molar-refractivity contribution < 1.29 is 0 Å². The molecule has 0 saturated heterocycles. The average molecular weight is 355 g/mol. The van der Waals surface area contributed by atoms with Crippen LogP contribution in [0.5, 0.6) is 0 Å². The first-order chi connectivity index (χ1) is 9.32. The second-order valence-electron chi connectivity index (χ2n) is 5.73. The van der Waals surface area contributed by atoms with Gasteiger partial charge in [0.15, 0.2) is 5.82 Å². The van der Waals surface area contributed by atoms with Gasteiger partial charge in [0.2, 0.25) is 0 Å². The molecule has 2 aromatic heterocycles. The lowest BCUT2D eigenvalue weighted by Crippen LogP contribution is -2.10. The Morgan fingerprint density at radius 2 is 1.95 bits per heavy atom. The van der Waals surface area contributed by atoms with E-state index in [-0.39, 0.29) is 5.41 Å². The Kier molecular flexibility index (Phi) is 4.44. The van der Waals surface area contributed by atoms with E-state index in [1.54, 1.807) is 11.3 Å². The molecular weight excluding hydrogens is 336 g/mol. The first-order valence-electron chi connectivity index (χ1n) is 6.61. The van der Waals surface area contributed by atoms with E-state index < -0.39 is 0 Å². The quantitative estimate of drug-likeness (QED) is 0.896. The number of nitrogens with two attached hydrogens (primary N) is 1. The van der Waals surface area contributed by atoms with Crippen LogP contribution in [0, 0.1) is 0 Å². The molecule has 0 amide bonds. The molecule has 0 radical (unpaired) electrons. The first kappa shape index (κ1) is 15.4. The second kappa shape index (κ2) is 5.77. The summed E-state index contributed by atoms with van der Waals surface area (Å²) < 4.78 is 0.800. The van der Waals surface area contributed by atoms with Gasteiger partial charge in [-0.1, -0.05) is 34.1 Å². The molecule has 0 bridgehead atoms. The smallest absolute Gasteiger partial charge is 0.181 e. The standard InChI is InChI=1S/C14H19BrN4S/c1-5-6-8-10(15)11(16)19-12(17-8)9-7-20-13(18-9)14(2,3)4/h7H,5-6H2,1-4H3,(H2,16,17,19). The number of nitrogens with zero attached hydrogens (tertiary/aromatic N) is 3. The molecule has 0 atom stereocenters. The van der Waals surface area contributed by atoms with E-state index in [4.69, 9.17) is 5.73 Å². The summed E-state index contributed by atoms with van der Waals surface area (Å²) in [7, 11) is 0. The number of aromatic nitrogens is 3. The molecule has 2 heterocycles. The van der Waals surface area contributed by atoms with E-state index in [1.165, 1.54) is 0 Å². The maximum Gasteiger partial charge on any atom is 0.181 e. The fourth-order valence-electron chi connectivity index (χ4n) is 1.75. The van der Waals surface area contributed by atoms with Gasteiger partial charge >= 0.3 is 0 Å². The molecule has 4 nitrogen and oxygen atoms in total. The predicted molar refractivity (Wildman–Crippen MR) is 87.9 cm³/mol. The van der Waals surface area contributed by atoms with Gasteiger partial charge in [-0.2, -0.15) is 0 Å².